The first kappa shape index (κ1) is 25.0. The molecule has 11 heteroatoms. The zero-order chi connectivity index (χ0) is 23.4. The first-order valence-electron chi connectivity index (χ1n) is 10.2. The molecule has 0 bridgehead atoms. The van der Waals surface area contributed by atoms with Crippen LogP contribution >= 0.6 is 0 Å². The molecule has 3 rings (SSSR count). The van der Waals surface area contributed by atoms with Crippen LogP contribution in [0.4, 0.5) is 0 Å². The molecule has 7 N–H and O–H groups in total. The van der Waals surface area contributed by atoms with Crippen LogP contribution in [0.3, 0.4) is 0 Å². The fourth-order valence-corrected chi connectivity index (χ4v) is 3.55. The second-order valence-electron chi connectivity index (χ2n) is 7.80. The Labute approximate surface area is 184 Å². The summed E-state index contributed by atoms with van der Waals surface area (Å²) in [5, 5.41) is 69.7. The Balaban J connectivity index is 1.62. The minimum atomic E-state index is -1.63. The Morgan fingerprint density at radius 2 is 1.34 bits per heavy atom. The lowest BCUT2D eigenvalue weighted by Crippen LogP contribution is -2.62. The van der Waals surface area contributed by atoms with E-state index in [2.05, 4.69) is 6.58 Å². The third-order valence-corrected chi connectivity index (χ3v) is 5.50. The Hall–Kier alpha value is -1.64. The molecule has 0 spiro atoms. The van der Waals surface area contributed by atoms with Crippen molar-refractivity contribution in [2.45, 2.75) is 67.8 Å². The number of rotatable bonds is 8. The Morgan fingerprint density at radius 3 is 1.94 bits per heavy atom. The molecule has 32 heavy (non-hydrogen) atoms. The van der Waals surface area contributed by atoms with Crippen LogP contribution in [0.25, 0.3) is 0 Å². The molecule has 2 heterocycles. The van der Waals surface area contributed by atoms with Crippen LogP contribution in [0.15, 0.2) is 36.9 Å². The number of ether oxygens (including phenoxy) is 4. The molecule has 0 radical (unpaired) electrons. The van der Waals surface area contributed by atoms with Gasteiger partial charge in [0.05, 0.1) is 13.2 Å². The first-order chi connectivity index (χ1) is 15.3. The van der Waals surface area contributed by atoms with Crippen molar-refractivity contribution in [1.82, 2.24) is 0 Å². The zero-order valence-electron chi connectivity index (χ0n) is 17.3. The standard InChI is InChI=1S/C21H30O11/c1-2-3-10-4-6-11(7-5-10)30-21-19(28)17(26)15(24)13(32-21)9-29-20-18(27)16(25)14(23)12(8-22)31-20/h2,4-7,12-28H,1,3,8-9H2/t12-,13+,14-,15+,16+,17-,18+,19+,20-,21+/m1/s1. The molecule has 0 saturated carbocycles. The van der Waals surface area contributed by atoms with Crippen molar-refractivity contribution < 1.29 is 54.7 Å². The van der Waals surface area contributed by atoms with E-state index in [4.69, 9.17) is 18.9 Å². The minimum Gasteiger partial charge on any atom is -0.462 e. The minimum absolute atomic E-state index is 0.360. The zero-order valence-corrected chi connectivity index (χ0v) is 17.3. The number of hydrogen-bond acceptors (Lipinski definition) is 11. The molecule has 1 aromatic rings. The molecule has 1 aromatic carbocycles. The summed E-state index contributed by atoms with van der Waals surface area (Å²) in [6.07, 6.45) is -12.2. The van der Waals surface area contributed by atoms with Crippen molar-refractivity contribution in [3.63, 3.8) is 0 Å². The highest BCUT2D eigenvalue weighted by molar-refractivity contribution is 5.28. The second-order valence-corrected chi connectivity index (χ2v) is 7.80. The number of aliphatic hydroxyl groups is 7. The van der Waals surface area contributed by atoms with Gasteiger partial charge in [0.1, 0.15) is 54.6 Å². The van der Waals surface area contributed by atoms with Crippen LogP contribution in [-0.2, 0) is 20.6 Å². The average molecular weight is 458 g/mol. The predicted octanol–water partition coefficient (Wildman–Crippen LogP) is -2.58. The van der Waals surface area contributed by atoms with E-state index >= 15 is 0 Å². The van der Waals surface area contributed by atoms with Crippen molar-refractivity contribution in [3.8, 4) is 5.75 Å². The van der Waals surface area contributed by atoms with E-state index in [-0.39, 0.29) is 0 Å². The molecule has 11 nitrogen and oxygen atoms in total. The van der Waals surface area contributed by atoms with Crippen molar-refractivity contribution in [2.75, 3.05) is 13.2 Å². The van der Waals surface area contributed by atoms with Gasteiger partial charge in [-0.25, -0.2) is 0 Å². The van der Waals surface area contributed by atoms with E-state index in [0.29, 0.717) is 12.2 Å². The monoisotopic (exact) mass is 458 g/mol. The molecule has 2 fully saturated rings. The Kier molecular flexibility index (Phi) is 8.58. The second kappa shape index (κ2) is 11.0. The largest absolute Gasteiger partial charge is 0.462 e. The SMILES string of the molecule is C=CCc1ccc(O[C@H]2O[C@@H](CO[C@@H]3O[C@H](CO)[C@@H](O)[C@H](O)[C@@H]3O)[C@H](O)[C@@H](O)[C@@H]2O)cc1. The Morgan fingerprint density at radius 1 is 0.781 bits per heavy atom. The van der Waals surface area contributed by atoms with Gasteiger partial charge in [-0.2, -0.15) is 0 Å². The van der Waals surface area contributed by atoms with Gasteiger partial charge in [0.15, 0.2) is 6.29 Å². The quantitative estimate of drug-likeness (QED) is 0.203. The van der Waals surface area contributed by atoms with Gasteiger partial charge in [-0.15, -0.1) is 6.58 Å². The predicted molar refractivity (Wildman–Crippen MR) is 107 cm³/mol. The van der Waals surface area contributed by atoms with Crippen LogP contribution in [-0.4, -0.2) is 110 Å². The summed E-state index contributed by atoms with van der Waals surface area (Å²) in [5.41, 5.74) is 0.999. The summed E-state index contributed by atoms with van der Waals surface area (Å²) in [7, 11) is 0. The molecular weight excluding hydrogens is 428 g/mol. The van der Waals surface area contributed by atoms with E-state index in [1.165, 1.54) is 0 Å². The van der Waals surface area contributed by atoms with Gasteiger partial charge in [-0.3, -0.25) is 0 Å². The van der Waals surface area contributed by atoms with E-state index in [0.717, 1.165) is 5.56 Å². The van der Waals surface area contributed by atoms with Crippen LogP contribution < -0.4 is 4.74 Å². The smallest absolute Gasteiger partial charge is 0.229 e. The first-order valence-corrected chi connectivity index (χ1v) is 10.2. The lowest BCUT2D eigenvalue weighted by atomic mass is 9.98. The average Bonchev–Trinajstić information content (AvgIpc) is 2.79. The molecule has 2 aliphatic heterocycles. The lowest BCUT2D eigenvalue weighted by molar-refractivity contribution is -0.323. The lowest BCUT2D eigenvalue weighted by Gasteiger charge is -2.42. The summed E-state index contributed by atoms with van der Waals surface area (Å²) >= 11 is 0. The summed E-state index contributed by atoms with van der Waals surface area (Å²) in [6, 6.07) is 6.92. The van der Waals surface area contributed by atoms with Gasteiger partial charge >= 0.3 is 0 Å². The van der Waals surface area contributed by atoms with Crippen LogP contribution in [0.1, 0.15) is 5.56 Å². The third-order valence-electron chi connectivity index (χ3n) is 5.50. The van der Waals surface area contributed by atoms with E-state index in [1.807, 2.05) is 0 Å². The Bertz CT molecular complexity index is 727. The highest BCUT2D eigenvalue weighted by atomic mass is 16.7. The highest BCUT2D eigenvalue weighted by Gasteiger charge is 2.47. The van der Waals surface area contributed by atoms with Crippen LogP contribution in [0, 0.1) is 0 Å². The summed E-state index contributed by atoms with van der Waals surface area (Å²) in [5.74, 6) is 0.360. The van der Waals surface area contributed by atoms with Gasteiger partial charge in [-0.05, 0) is 24.1 Å². The molecule has 10 atom stereocenters. The molecule has 0 unspecified atom stereocenters. The van der Waals surface area contributed by atoms with Crippen molar-refractivity contribution in [2.24, 2.45) is 0 Å². The van der Waals surface area contributed by atoms with Gasteiger partial charge < -0.3 is 54.7 Å². The molecule has 2 aliphatic rings. The maximum Gasteiger partial charge on any atom is 0.229 e. The highest BCUT2D eigenvalue weighted by Crippen LogP contribution is 2.27. The molecule has 180 valence electrons. The number of allylic oxidation sites excluding steroid dienone is 1. The summed E-state index contributed by atoms with van der Waals surface area (Å²) < 4.78 is 21.8. The summed E-state index contributed by atoms with van der Waals surface area (Å²) in [4.78, 5) is 0. The topological polar surface area (TPSA) is 179 Å². The maximum absolute atomic E-state index is 10.3. The van der Waals surface area contributed by atoms with E-state index in [9.17, 15) is 35.7 Å². The number of aliphatic hydroxyl groups excluding tert-OH is 7. The fourth-order valence-electron chi connectivity index (χ4n) is 3.55. The van der Waals surface area contributed by atoms with Gasteiger partial charge in [0.25, 0.3) is 0 Å². The number of benzene rings is 1. The van der Waals surface area contributed by atoms with E-state index < -0.39 is 74.6 Å². The van der Waals surface area contributed by atoms with Crippen LogP contribution in [0.5, 0.6) is 5.75 Å². The van der Waals surface area contributed by atoms with Crippen molar-refractivity contribution >= 4 is 0 Å². The van der Waals surface area contributed by atoms with Gasteiger partial charge in [0, 0.05) is 0 Å². The molecule has 0 amide bonds. The third kappa shape index (κ3) is 5.46. The molecule has 2 saturated heterocycles. The van der Waals surface area contributed by atoms with Crippen LogP contribution in [0.2, 0.25) is 0 Å². The fraction of sp³-hybridized carbons (Fsp3) is 0.619. The van der Waals surface area contributed by atoms with Crippen molar-refractivity contribution in [3.05, 3.63) is 42.5 Å². The molecule has 0 aromatic heterocycles. The normalized spacial score (nSPS) is 40.1. The summed E-state index contributed by atoms with van der Waals surface area (Å²) in [6.45, 7) is 2.62. The van der Waals surface area contributed by atoms with Gasteiger partial charge in [0.2, 0.25) is 6.29 Å². The van der Waals surface area contributed by atoms with Crippen molar-refractivity contribution in [1.29, 1.82) is 0 Å². The molecular formula is C21H30O11. The number of hydrogen-bond donors (Lipinski definition) is 7. The maximum atomic E-state index is 10.3. The van der Waals surface area contributed by atoms with E-state index in [1.54, 1.807) is 30.3 Å². The van der Waals surface area contributed by atoms with Gasteiger partial charge in [-0.1, -0.05) is 18.2 Å². The molecule has 0 aliphatic carbocycles.